The number of nitrogens with one attached hydrogen (secondary N) is 1. The Morgan fingerprint density at radius 1 is 1.19 bits per heavy atom. The molecule has 1 aromatic rings. The van der Waals surface area contributed by atoms with Gasteiger partial charge < -0.3 is 20.0 Å². The first-order valence-corrected chi connectivity index (χ1v) is 11.5. The van der Waals surface area contributed by atoms with Crippen LogP contribution in [-0.2, 0) is 11.3 Å². The summed E-state index contributed by atoms with van der Waals surface area (Å²) in [5.74, 6) is -0.515. The second kappa shape index (κ2) is 8.61. The Morgan fingerprint density at radius 2 is 1.87 bits per heavy atom. The van der Waals surface area contributed by atoms with Crippen molar-refractivity contribution in [3.8, 4) is 0 Å². The lowest BCUT2D eigenvalue weighted by Gasteiger charge is -2.43. The number of aromatic nitrogens is 2. The molecule has 0 bridgehead atoms. The van der Waals surface area contributed by atoms with Crippen LogP contribution in [0.1, 0.15) is 66.9 Å². The minimum absolute atomic E-state index is 0.130. The highest BCUT2D eigenvalue weighted by atomic mass is 16.2. The van der Waals surface area contributed by atoms with Gasteiger partial charge in [0.2, 0.25) is 5.91 Å². The zero-order valence-electron chi connectivity index (χ0n) is 18.9. The van der Waals surface area contributed by atoms with Gasteiger partial charge in [-0.3, -0.25) is 19.1 Å². The summed E-state index contributed by atoms with van der Waals surface area (Å²) in [5, 5.41) is 7.64. The lowest BCUT2D eigenvalue weighted by Crippen LogP contribution is -2.65. The Kier molecular flexibility index (Phi) is 6.05. The molecule has 3 amide bonds. The molecule has 1 aromatic heterocycles. The number of carbonyl (C=O) groups is 3. The molecule has 9 heteroatoms. The second-order valence-corrected chi connectivity index (χ2v) is 9.35. The molecular formula is C22H34N6O3. The Hall–Kier alpha value is -2.42. The lowest BCUT2D eigenvalue weighted by molar-refractivity contribution is -0.133. The molecule has 0 radical (unpaired) electrons. The van der Waals surface area contributed by atoms with Gasteiger partial charge in [-0.15, -0.1) is 0 Å². The monoisotopic (exact) mass is 430 g/mol. The van der Waals surface area contributed by atoms with Crippen molar-refractivity contribution in [1.82, 2.24) is 29.8 Å². The number of fused-ring (bicyclic) bond motifs is 1. The maximum Gasteiger partial charge on any atom is 0.274 e. The number of nitrogens with zero attached hydrogens (tertiary/aromatic N) is 5. The topological polar surface area (TPSA) is 90.8 Å². The molecule has 170 valence electrons. The van der Waals surface area contributed by atoms with Gasteiger partial charge in [-0.1, -0.05) is 19.8 Å². The average molecular weight is 431 g/mol. The minimum atomic E-state index is -1.02. The van der Waals surface area contributed by atoms with E-state index in [1.807, 2.05) is 20.9 Å². The number of carbonyl (C=O) groups excluding carboxylic acids is 3. The molecule has 0 spiro atoms. The van der Waals surface area contributed by atoms with E-state index >= 15 is 0 Å². The van der Waals surface area contributed by atoms with Crippen LogP contribution in [0.3, 0.4) is 0 Å². The van der Waals surface area contributed by atoms with Crippen molar-refractivity contribution in [2.75, 3.05) is 39.8 Å². The lowest BCUT2D eigenvalue weighted by atomic mass is 9.94. The summed E-state index contributed by atoms with van der Waals surface area (Å²) in [7, 11) is 2.04. The van der Waals surface area contributed by atoms with Crippen LogP contribution in [0, 0.1) is 0 Å². The van der Waals surface area contributed by atoms with E-state index in [1.54, 1.807) is 20.5 Å². The highest BCUT2D eigenvalue weighted by Crippen LogP contribution is 2.29. The minimum Gasteiger partial charge on any atom is -0.351 e. The van der Waals surface area contributed by atoms with Gasteiger partial charge in [-0.25, -0.2) is 0 Å². The van der Waals surface area contributed by atoms with Gasteiger partial charge in [0.25, 0.3) is 11.8 Å². The maximum atomic E-state index is 13.4. The van der Waals surface area contributed by atoms with E-state index in [2.05, 4.69) is 15.3 Å². The fourth-order valence-corrected chi connectivity index (χ4v) is 4.90. The molecule has 1 N–H and O–H groups in total. The normalized spacial score (nSPS) is 25.1. The zero-order valence-corrected chi connectivity index (χ0v) is 18.9. The van der Waals surface area contributed by atoms with E-state index in [4.69, 9.17) is 0 Å². The largest absolute Gasteiger partial charge is 0.351 e. The van der Waals surface area contributed by atoms with Crippen molar-refractivity contribution in [2.24, 2.45) is 0 Å². The van der Waals surface area contributed by atoms with Gasteiger partial charge in [0.05, 0.1) is 6.54 Å². The molecule has 1 aliphatic carbocycles. The third-order valence-corrected chi connectivity index (χ3v) is 6.93. The smallest absolute Gasteiger partial charge is 0.274 e. The van der Waals surface area contributed by atoms with E-state index in [0.29, 0.717) is 25.3 Å². The third-order valence-electron chi connectivity index (χ3n) is 6.93. The molecule has 0 aromatic carbocycles. The summed E-state index contributed by atoms with van der Waals surface area (Å²) in [6.45, 7) is 7.49. The number of amides is 3. The van der Waals surface area contributed by atoms with Gasteiger partial charge in [0.15, 0.2) is 5.69 Å². The van der Waals surface area contributed by atoms with Crippen molar-refractivity contribution in [3.05, 3.63) is 17.5 Å². The molecule has 1 saturated heterocycles. The molecule has 2 fully saturated rings. The van der Waals surface area contributed by atoms with Crippen LogP contribution in [0.15, 0.2) is 6.07 Å². The Labute approximate surface area is 183 Å². The number of hydrogen-bond acceptors (Lipinski definition) is 5. The predicted molar refractivity (Wildman–Crippen MR) is 116 cm³/mol. The van der Waals surface area contributed by atoms with Gasteiger partial charge in [0, 0.05) is 44.8 Å². The second-order valence-electron chi connectivity index (χ2n) is 9.35. The fourth-order valence-electron chi connectivity index (χ4n) is 4.90. The first-order valence-electron chi connectivity index (χ1n) is 11.5. The van der Waals surface area contributed by atoms with Crippen molar-refractivity contribution in [2.45, 2.75) is 64.1 Å². The van der Waals surface area contributed by atoms with E-state index in [-0.39, 0.29) is 36.0 Å². The van der Waals surface area contributed by atoms with Crippen molar-refractivity contribution in [3.63, 3.8) is 0 Å². The van der Waals surface area contributed by atoms with E-state index in [1.165, 1.54) is 0 Å². The van der Waals surface area contributed by atoms with Gasteiger partial charge >= 0.3 is 0 Å². The molecule has 3 heterocycles. The van der Waals surface area contributed by atoms with Gasteiger partial charge in [0.1, 0.15) is 11.2 Å². The first-order chi connectivity index (χ1) is 14.8. The van der Waals surface area contributed by atoms with Crippen LogP contribution in [-0.4, -0.2) is 93.6 Å². The molecule has 1 atom stereocenters. The summed E-state index contributed by atoms with van der Waals surface area (Å²) in [4.78, 5) is 45.3. The molecule has 1 unspecified atom stereocenters. The van der Waals surface area contributed by atoms with Crippen LogP contribution in [0.2, 0.25) is 0 Å². The Morgan fingerprint density at radius 3 is 2.52 bits per heavy atom. The van der Waals surface area contributed by atoms with Crippen LogP contribution >= 0.6 is 0 Å². The summed E-state index contributed by atoms with van der Waals surface area (Å²) >= 11 is 0. The average Bonchev–Trinajstić information content (AvgIpc) is 3.41. The van der Waals surface area contributed by atoms with Gasteiger partial charge in [-0.2, -0.15) is 5.10 Å². The molecular weight excluding hydrogens is 396 g/mol. The highest BCUT2D eigenvalue weighted by Gasteiger charge is 2.48. The molecule has 31 heavy (non-hydrogen) atoms. The number of likely N-dealkylation sites (N-methyl/N-ethyl adjacent to an activating group) is 1. The molecule has 4 rings (SSSR count). The molecule has 3 aliphatic rings. The van der Waals surface area contributed by atoms with Crippen LogP contribution in [0.5, 0.6) is 0 Å². The number of rotatable bonds is 5. The third kappa shape index (κ3) is 4.07. The van der Waals surface area contributed by atoms with Crippen molar-refractivity contribution in [1.29, 1.82) is 0 Å². The predicted octanol–water partition coefficient (Wildman–Crippen LogP) is 0.954. The quantitative estimate of drug-likeness (QED) is 0.751. The summed E-state index contributed by atoms with van der Waals surface area (Å²) in [6.07, 6.45) is 4.97. The maximum absolute atomic E-state index is 13.4. The summed E-state index contributed by atoms with van der Waals surface area (Å²) in [6, 6.07) is 1.77. The van der Waals surface area contributed by atoms with E-state index < -0.39 is 5.54 Å². The van der Waals surface area contributed by atoms with E-state index in [0.717, 1.165) is 45.2 Å². The highest BCUT2D eigenvalue weighted by molar-refractivity contribution is 6.02. The molecule has 2 aliphatic heterocycles. The standard InChI is InChI=1S/C22H34N6O3/c1-4-9-27-20(30)18-14-17(19(29)26-12-10-25(3)11-13-26)24-28(18)15-22(27,2)21(31)23-16-7-5-6-8-16/h14,16H,4-13,15H2,1-3H3,(H,23,31). The first kappa shape index (κ1) is 21.8. The Balaban J connectivity index is 1.58. The van der Waals surface area contributed by atoms with Crippen molar-refractivity contribution >= 4 is 17.7 Å². The van der Waals surface area contributed by atoms with Crippen LogP contribution < -0.4 is 5.32 Å². The molecule has 9 nitrogen and oxygen atoms in total. The van der Waals surface area contributed by atoms with E-state index in [9.17, 15) is 14.4 Å². The van der Waals surface area contributed by atoms with Crippen LogP contribution in [0.4, 0.5) is 0 Å². The fraction of sp³-hybridized carbons (Fsp3) is 0.727. The summed E-state index contributed by atoms with van der Waals surface area (Å²) < 4.78 is 1.56. The van der Waals surface area contributed by atoms with Crippen molar-refractivity contribution < 1.29 is 14.4 Å². The molecule has 1 saturated carbocycles. The van der Waals surface area contributed by atoms with Crippen LogP contribution in [0.25, 0.3) is 0 Å². The SMILES string of the molecule is CCCN1C(=O)c2cc(C(=O)N3CCN(C)CC3)nn2CC1(C)C(=O)NC1CCCC1. The number of piperazine rings is 1. The van der Waals surface area contributed by atoms with Gasteiger partial charge in [-0.05, 0) is 33.2 Å². The number of hydrogen-bond donors (Lipinski definition) is 1. The Bertz CT molecular complexity index is 853. The zero-order chi connectivity index (χ0) is 22.2. The summed E-state index contributed by atoms with van der Waals surface area (Å²) in [5.41, 5.74) is -0.357.